The van der Waals surface area contributed by atoms with Crippen LogP contribution in [0.15, 0.2) is 247 Å². The smallest absolute Gasteiger partial charge is 0.135 e. The van der Waals surface area contributed by atoms with Gasteiger partial charge in [0, 0.05) is 69.3 Å². The van der Waals surface area contributed by atoms with Crippen molar-refractivity contribution < 1.29 is 4.42 Å². The Bertz CT molecular complexity index is 5150. The van der Waals surface area contributed by atoms with Crippen LogP contribution in [0.5, 0.6) is 0 Å². The van der Waals surface area contributed by atoms with E-state index in [-0.39, 0.29) is 5.41 Å². The number of furan rings is 1. The third kappa shape index (κ3) is 11.3. The second-order valence-corrected chi connectivity index (χ2v) is 26.4. The molecule has 4 aromatic heterocycles. The van der Waals surface area contributed by atoms with E-state index in [0.717, 1.165) is 11.2 Å². The Labute approximate surface area is 527 Å². The highest BCUT2D eigenvalue weighted by Crippen LogP contribution is 2.49. The molecule has 1 aliphatic rings. The van der Waals surface area contributed by atoms with Gasteiger partial charge in [-0.15, -0.1) is 11.3 Å². The summed E-state index contributed by atoms with van der Waals surface area (Å²) in [5.74, 6) is 0. The number of thiophene rings is 1. The van der Waals surface area contributed by atoms with Gasteiger partial charge in [0.05, 0.1) is 22.1 Å². The van der Waals surface area contributed by atoms with Crippen LogP contribution in [0.1, 0.15) is 80.6 Å². The normalized spacial score (nSPS) is 12.1. The number of para-hydroxylation sites is 2. The monoisotopic (exact) mass is 1170 g/mol. The largest absolute Gasteiger partial charge is 0.456 e. The predicted octanol–water partition coefficient (Wildman–Crippen LogP) is 24.3. The summed E-state index contributed by atoms with van der Waals surface area (Å²) in [5, 5.41) is 10.5. The number of rotatable bonds is 2. The number of benzene rings is 12. The molecule has 0 unspecified atom stereocenters. The molecule has 0 N–H and O–H groups in total. The van der Waals surface area contributed by atoms with Gasteiger partial charge >= 0.3 is 0 Å². The van der Waals surface area contributed by atoms with Crippen LogP contribution in [0.3, 0.4) is 0 Å². The van der Waals surface area contributed by atoms with Gasteiger partial charge < -0.3 is 13.6 Å². The van der Waals surface area contributed by atoms with Crippen molar-refractivity contribution in [3.05, 3.63) is 309 Å². The fourth-order valence-corrected chi connectivity index (χ4v) is 14.4. The molecule has 3 nitrogen and oxygen atoms in total. The van der Waals surface area contributed by atoms with Gasteiger partial charge in [-0.1, -0.05) is 192 Å². The number of hydrogen-bond donors (Lipinski definition) is 0. The lowest BCUT2D eigenvalue weighted by molar-refractivity contribution is 0.659. The molecule has 16 aromatic rings. The molecule has 4 heteroatoms. The number of aromatic nitrogens is 2. The number of hydrogen-bond acceptors (Lipinski definition) is 2. The van der Waals surface area contributed by atoms with Crippen molar-refractivity contribution in [1.29, 1.82) is 0 Å². The Hall–Kier alpha value is -9.74. The first-order valence-electron chi connectivity index (χ1n) is 31.1. The van der Waals surface area contributed by atoms with Gasteiger partial charge in [-0.3, -0.25) is 0 Å². The Kier molecular flexibility index (Phi) is 15.6. The minimum atomic E-state index is 0.143. The van der Waals surface area contributed by atoms with Crippen molar-refractivity contribution in [2.24, 2.45) is 0 Å². The molecule has 0 saturated heterocycles. The van der Waals surface area contributed by atoms with Crippen molar-refractivity contribution in [3.63, 3.8) is 0 Å². The highest BCUT2D eigenvalue weighted by atomic mass is 32.1. The van der Waals surface area contributed by atoms with E-state index in [9.17, 15) is 0 Å². The van der Waals surface area contributed by atoms with E-state index >= 15 is 0 Å². The van der Waals surface area contributed by atoms with Gasteiger partial charge in [0.2, 0.25) is 0 Å². The summed E-state index contributed by atoms with van der Waals surface area (Å²) in [6.07, 6.45) is 0. The van der Waals surface area contributed by atoms with E-state index in [1.807, 2.05) is 17.4 Å². The van der Waals surface area contributed by atoms with Crippen molar-refractivity contribution in [1.82, 2.24) is 9.13 Å². The molecule has 438 valence electrons. The predicted molar refractivity (Wildman–Crippen MR) is 386 cm³/mol. The standard InChI is InChI=1S/2C20H17N.C17H18.C14H12O.C14H12S/c1-14-9-11-19-18(12-14)17-10-8-15(2)13-20(17)21(19)16-6-4-3-5-7-16;1-14-8-10-19-17(12-14)18-13-15(2)9-11-20(18)21(19)16-6-4-3-5-7-16;1-11-6-8-15-14(9-11)13-7-5-12(2)10-16(13)17(15,3)4;2*1-9-4-6-13-12(7-9)11-5-3-10(2)8-14(11)15-13/h2*3-13H,1-2H3;5-10H,1-4H3;2*3-8H,1-2H3. The van der Waals surface area contributed by atoms with Crippen LogP contribution in [0.4, 0.5) is 0 Å². The lowest BCUT2D eigenvalue weighted by atomic mass is 9.82. The van der Waals surface area contributed by atoms with Gasteiger partial charge in [0.25, 0.3) is 0 Å². The first kappa shape index (κ1) is 58.3. The van der Waals surface area contributed by atoms with Crippen LogP contribution in [0.2, 0.25) is 0 Å². The second kappa shape index (κ2) is 23.7. The molecule has 89 heavy (non-hydrogen) atoms. The fraction of sp³-hybridized carbons (Fsp3) is 0.153. The Balaban J connectivity index is 0.000000103. The van der Waals surface area contributed by atoms with Crippen molar-refractivity contribution in [2.75, 3.05) is 0 Å². The minimum absolute atomic E-state index is 0.143. The van der Waals surface area contributed by atoms with Crippen LogP contribution in [0, 0.1) is 69.2 Å². The van der Waals surface area contributed by atoms with Crippen LogP contribution in [0.25, 0.3) is 108 Å². The molecule has 0 spiro atoms. The topological polar surface area (TPSA) is 23.0 Å². The molecule has 0 saturated carbocycles. The van der Waals surface area contributed by atoms with Gasteiger partial charge in [-0.25, -0.2) is 0 Å². The molecule has 0 radical (unpaired) electrons. The molecule has 0 atom stereocenters. The highest BCUT2D eigenvalue weighted by molar-refractivity contribution is 7.25. The zero-order chi connectivity index (χ0) is 61.8. The van der Waals surface area contributed by atoms with Gasteiger partial charge in [-0.05, 0) is 211 Å². The van der Waals surface area contributed by atoms with E-state index in [1.165, 1.54) is 164 Å². The summed E-state index contributed by atoms with van der Waals surface area (Å²) in [7, 11) is 0. The molecule has 12 aromatic carbocycles. The first-order valence-corrected chi connectivity index (χ1v) is 31.9. The van der Waals surface area contributed by atoms with Crippen LogP contribution in [-0.4, -0.2) is 9.13 Å². The lowest BCUT2D eigenvalue weighted by Gasteiger charge is -2.21. The van der Waals surface area contributed by atoms with Gasteiger partial charge in [0.1, 0.15) is 11.2 Å². The van der Waals surface area contributed by atoms with Crippen molar-refractivity contribution >= 4 is 97.1 Å². The third-order valence-corrected chi connectivity index (χ3v) is 18.9. The average molecular weight is 1170 g/mol. The maximum atomic E-state index is 5.79. The summed E-state index contributed by atoms with van der Waals surface area (Å²) in [4.78, 5) is 0. The Morgan fingerprint density at radius 2 is 0.697 bits per heavy atom. The number of aryl methyl sites for hydroxylation is 10. The fourth-order valence-electron chi connectivity index (χ4n) is 13.2. The van der Waals surface area contributed by atoms with E-state index in [1.54, 1.807) is 0 Å². The summed E-state index contributed by atoms with van der Waals surface area (Å²) in [6, 6.07) is 87.7. The average Bonchev–Trinajstić information content (AvgIpc) is 1.67. The SMILES string of the molecule is Cc1ccc2c(c1)-c1ccc(C)cc1C2(C)C.Cc1ccc2c(c1)c1cc(C)ccc1n2-c1ccccc1.Cc1ccc2c(c1)c1ccc(C)cc1n2-c1ccccc1.Cc1ccc2c(c1)oc1ccc(C)cc12.Cc1ccc2c(c1)sc1ccc(C)cc12. The van der Waals surface area contributed by atoms with E-state index in [4.69, 9.17) is 4.42 Å². The quantitative estimate of drug-likeness (QED) is 0.169. The third-order valence-electron chi connectivity index (χ3n) is 17.7. The molecule has 0 fully saturated rings. The van der Waals surface area contributed by atoms with E-state index < -0.39 is 0 Å². The first-order chi connectivity index (χ1) is 42.9. The van der Waals surface area contributed by atoms with Crippen LogP contribution in [-0.2, 0) is 5.41 Å². The molecular weight excluding hydrogens is 1100 g/mol. The number of fused-ring (bicyclic) bond motifs is 15. The van der Waals surface area contributed by atoms with E-state index in [2.05, 4.69) is 329 Å². The molecular formula is C85H76N2OS. The van der Waals surface area contributed by atoms with Gasteiger partial charge in [0.15, 0.2) is 0 Å². The Morgan fingerprint density at radius 3 is 1.30 bits per heavy atom. The summed E-state index contributed by atoms with van der Waals surface area (Å²) < 4.78 is 13.3. The molecule has 0 bridgehead atoms. The molecule has 4 heterocycles. The summed E-state index contributed by atoms with van der Waals surface area (Å²) in [5.41, 5.74) is 28.5. The van der Waals surface area contributed by atoms with Crippen LogP contribution < -0.4 is 0 Å². The van der Waals surface area contributed by atoms with Crippen LogP contribution >= 0.6 is 11.3 Å². The highest BCUT2D eigenvalue weighted by Gasteiger charge is 2.35. The zero-order valence-corrected chi connectivity index (χ0v) is 54.1. The maximum absolute atomic E-state index is 5.79. The van der Waals surface area contributed by atoms with Crippen molar-refractivity contribution in [2.45, 2.75) is 88.5 Å². The van der Waals surface area contributed by atoms with Crippen molar-refractivity contribution in [3.8, 4) is 22.5 Å². The molecule has 17 rings (SSSR count). The molecule has 1 aliphatic carbocycles. The lowest BCUT2D eigenvalue weighted by Crippen LogP contribution is -2.15. The second-order valence-electron chi connectivity index (χ2n) is 25.3. The van der Waals surface area contributed by atoms with E-state index in [0.29, 0.717) is 0 Å². The molecule has 0 aliphatic heterocycles. The van der Waals surface area contributed by atoms with Gasteiger partial charge in [-0.2, -0.15) is 0 Å². The number of nitrogens with zero attached hydrogens (tertiary/aromatic N) is 2. The zero-order valence-electron chi connectivity index (χ0n) is 53.3. The Morgan fingerprint density at radius 1 is 0.270 bits per heavy atom. The summed E-state index contributed by atoms with van der Waals surface area (Å²) in [6.45, 7) is 26.1. The minimum Gasteiger partial charge on any atom is -0.456 e. The molecule has 0 amide bonds. The maximum Gasteiger partial charge on any atom is 0.135 e. The summed E-state index contributed by atoms with van der Waals surface area (Å²) >= 11 is 1.88.